The van der Waals surface area contributed by atoms with Gasteiger partial charge >= 0.3 is 0 Å². The van der Waals surface area contributed by atoms with Crippen LogP contribution in [0.5, 0.6) is 0 Å². The van der Waals surface area contributed by atoms with Crippen molar-refractivity contribution in [2.45, 2.75) is 64.5 Å². The summed E-state index contributed by atoms with van der Waals surface area (Å²) in [6.07, 6.45) is 7.67. The molecule has 3 unspecified atom stereocenters. The molecule has 1 heterocycles. The fourth-order valence-corrected chi connectivity index (χ4v) is 2.48. The number of hydrogen-bond acceptors (Lipinski definition) is 3. The Morgan fingerprint density at radius 3 is 2.87 bits per heavy atom. The standard InChI is InChI=1S/C12H26N2O/c1-3-5-10(2)8-11(14-13)9-12-6-4-7-15-12/h10-12,14H,3-9,13H2,1-2H3. The normalized spacial score (nSPS) is 25.4. The molecular formula is C12H26N2O. The van der Waals surface area contributed by atoms with Crippen molar-refractivity contribution in [3.63, 3.8) is 0 Å². The van der Waals surface area contributed by atoms with E-state index in [1.54, 1.807) is 0 Å². The number of ether oxygens (including phenoxy) is 1. The lowest BCUT2D eigenvalue weighted by molar-refractivity contribution is 0.0916. The van der Waals surface area contributed by atoms with E-state index in [4.69, 9.17) is 10.6 Å². The van der Waals surface area contributed by atoms with Crippen LogP contribution in [0, 0.1) is 5.92 Å². The number of nitrogens with one attached hydrogen (secondary N) is 1. The monoisotopic (exact) mass is 214 g/mol. The number of rotatable bonds is 7. The second kappa shape index (κ2) is 7.20. The fraction of sp³-hybridized carbons (Fsp3) is 1.00. The molecule has 0 aromatic heterocycles. The van der Waals surface area contributed by atoms with E-state index in [2.05, 4.69) is 19.3 Å². The van der Waals surface area contributed by atoms with Crippen LogP contribution in [-0.4, -0.2) is 18.8 Å². The molecule has 0 saturated carbocycles. The van der Waals surface area contributed by atoms with Crippen LogP contribution in [0.2, 0.25) is 0 Å². The van der Waals surface area contributed by atoms with Gasteiger partial charge in [-0.1, -0.05) is 26.7 Å². The maximum Gasteiger partial charge on any atom is 0.0591 e. The summed E-state index contributed by atoms with van der Waals surface area (Å²) in [6.45, 7) is 5.48. The first-order chi connectivity index (χ1) is 7.26. The first-order valence-electron chi connectivity index (χ1n) is 6.34. The van der Waals surface area contributed by atoms with Crippen molar-refractivity contribution >= 4 is 0 Å². The number of hydrogen-bond donors (Lipinski definition) is 2. The van der Waals surface area contributed by atoms with E-state index in [1.165, 1.54) is 32.1 Å². The molecule has 3 heteroatoms. The van der Waals surface area contributed by atoms with E-state index in [9.17, 15) is 0 Å². The fourth-order valence-electron chi connectivity index (χ4n) is 2.48. The topological polar surface area (TPSA) is 47.3 Å². The lowest BCUT2D eigenvalue weighted by Crippen LogP contribution is -2.38. The Hall–Kier alpha value is -0.120. The molecule has 0 radical (unpaired) electrons. The molecule has 1 fully saturated rings. The van der Waals surface area contributed by atoms with Crippen molar-refractivity contribution in [2.24, 2.45) is 11.8 Å². The second-order valence-corrected chi connectivity index (χ2v) is 4.86. The summed E-state index contributed by atoms with van der Waals surface area (Å²) < 4.78 is 5.63. The third kappa shape index (κ3) is 4.96. The summed E-state index contributed by atoms with van der Waals surface area (Å²) >= 11 is 0. The van der Waals surface area contributed by atoms with Crippen LogP contribution >= 0.6 is 0 Å². The Kier molecular flexibility index (Phi) is 6.22. The predicted molar refractivity (Wildman–Crippen MR) is 63.4 cm³/mol. The van der Waals surface area contributed by atoms with Crippen molar-refractivity contribution in [1.82, 2.24) is 5.43 Å². The summed E-state index contributed by atoms with van der Waals surface area (Å²) in [5.41, 5.74) is 2.94. The maximum absolute atomic E-state index is 5.63. The van der Waals surface area contributed by atoms with Crippen LogP contribution in [-0.2, 0) is 4.74 Å². The van der Waals surface area contributed by atoms with Gasteiger partial charge in [0.05, 0.1) is 6.10 Å². The Morgan fingerprint density at radius 1 is 1.53 bits per heavy atom. The van der Waals surface area contributed by atoms with Crippen molar-refractivity contribution in [3.8, 4) is 0 Å². The number of nitrogens with two attached hydrogens (primary N) is 1. The highest BCUT2D eigenvalue weighted by Crippen LogP contribution is 2.21. The van der Waals surface area contributed by atoms with E-state index in [0.29, 0.717) is 12.1 Å². The van der Waals surface area contributed by atoms with Gasteiger partial charge in [-0.2, -0.15) is 0 Å². The molecule has 1 aliphatic rings. The van der Waals surface area contributed by atoms with Crippen molar-refractivity contribution in [3.05, 3.63) is 0 Å². The summed E-state index contributed by atoms with van der Waals surface area (Å²) in [4.78, 5) is 0. The van der Waals surface area contributed by atoms with Gasteiger partial charge in [-0.15, -0.1) is 0 Å². The van der Waals surface area contributed by atoms with E-state index in [0.717, 1.165) is 18.9 Å². The first-order valence-corrected chi connectivity index (χ1v) is 6.34. The van der Waals surface area contributed by atoms with Gasteiger partial charge in [0.25, 0.3) is 0 Å². The molecule has 15 heavy (non-hydrogen) atoms. The number of hydrazine groups is 1. The minimum atomic E-state index is 0.426. The van der Waals surface area contributed by atoms with E-state index in [1.807, 2.05) is 0 Å². The molecule has 0 amide bonds. The zero-order valence-corrected chi connectivity index (χ0v) is 10.2. The molecule has 1 saturated heterocycles. The van der Waals surface area contributed by atoms with Crippen LogP contribution in [0.15, 0.2) is 0 Å². The van der Waals surface area contributed by atoms with E-state index >= 15 is 0 Å². The summed E-state index contributed by atoms with van der Waals surface area (Å²) in [7, 11) is 0. The highest BCUT2D eigenvalue weighted by molar-refractivity contribution is 4.75. The Labute approximate surface area is 93.7 Å². The summed E-state index contributed by atoms with van der Waals surface area (Å²) in [5, 5.41) is 0. The van der Waals surface area contributed by atoms with Crippen LogP contribution in [0.4, 0.5) is 0 Å². The van der Waals surface area contributed by atoms with E-state index in [-0.39, 0.29) is 0 Å². The Morgan fingerprint density at radius 2 is 2.33 bits per heavy atom. The van der Waals surface area contributed by atoms with Crippen LogP contribution in [0.3, 0.4) is 0 Å². The van der Waals surface area contributed by atoms with Gasteiger partial charge in [0, 0.05) is 12.6 Å². The van der Waals surface area contributed by atoms with Gasteiger partial charge in [0.2, 0.25) is 0 Å². The van der Waals surface area contributed by atoms with Gasteiger partial charge in [0.15, 0.2) is 0 Å². The SMILES string of the molecule is CCCC(C)CC(CC1CCCO1)NN. The van der Waals surface area contributed by atoms with Crippen LogP contribution in [0.1, 0.15) is 52.4 Å². The molecule has 3 atom stereocenters. The van der Waals surface area contributed by atoms with Crippen molar-refractivity contribution in [1.29, 1.82) is 0 Å². The minimum absolute atomic E-state index is 0.426. The van der Waals surface area contributed by atoms with Crippen molar-refractivity contribution in [2.75, 3.05) is 6.61 Å². The van der Waals surface area contributed by atoms with Crippen LogP contribution < -0.4 is 11.3 Å². The molecule has 1 rings (SSSR count). The lowest BCUT2D eigenvalue weighted by atomic mass is 9.94. The average Bonchev–Trinajstić information content (AvgIpc) is 2.70. The first kappa shape index (κ1) is 12.9. The molecule has 0 aromatic rings. The van der Waals surface area contributed by atoms with Gasteiger partial charge < -0.3 is 4.74 Å². The van der Waals surface area contributed by atoms with Gasteiger partial charge in [0.1, 0.15) is 0 Å². The Balaban J connectivity index is 2.21. The van der Waals surface area contributed by atoms with Gasteiger partial charge in [-0.25, -0.2) is 0 Å². The van der Waals surface area contributed by atoms with Gasteiger partial charge in [-0.05, 0) is 31.6 Å². The quantitative estimate of drug-likeness (QED) is 0.504. The Bertz CT molecular complexity index is 158. The molecule has 0 bridgehead atoms. The predicted octanol–water partition coefficient (Wildman–Crippen LogP) is 2.21. The zero-order valence-electron chi connectivity index (χ0n) is 10.2. The third-order valence-electron chi connectivity index (χ3n) is 3.28. The molecule has 0 aliphatic carbocycles. The molecule has 3 nitrogen and oxygen atoms in total. The van der Waals surface area contributed by atoms with Crippen LogP contribution in [0.25, 0.3) is 0 Å². The highest BCUT2D eigenvalue weighted by Gasteiger charge is 2.21. The average molecular weight is 214 g/mol. The molecule has 1 aliphatic heterocycles. The third-order valence-corrected chi connectivity index (χ3v) is 3.28. The zero-order chi connectivity index (χ0) is 11.1. The molecule has 0 spiro atoms. The maximum atomic E-state index is 5.63. The largest absolute Gasteiger partial charge is 0.378 e. The second-order valence-electron chi connectivity index (χ2n) is 4.86. The van der Waals surface area contributed by atoms with Crippen molar-refractivity contribution < 1.29 is 4.74 Å². The summed E-state index contributed by atoms with van der Waals surface area (Å²) in [5.74, 6) is 6.35. The highest BCUT2D eigenvalue weighted by atomic mass is 16.5. The van der Waals surface area contributed by atoms with Gasteiger partial charge in [-0.3, -0.25) is 11.3 Å². The molecule has 0 aromatic carbocycles. The van der Waals surface area contributed by atoms with E-state index < -0.39 is 0 Å². The molecular weight excluding hydrogens is 188 g/mol. The molecule has 90 valence electrons. The molecule has 3 N–H and O–H groups in total. The summed E-state index contributed by atoms with van der Waals surface area (Å²) in [6, 6.07) is 0.426. The smallest absolute Gasteiger partial charge is 0.0591 e. The minimum Gasteiger partial charge on any atom is -0.378 e. The lowest BCUT2D eigenvalue weighted by Gasteiger charge is -2.22.